The summed E-state index contributed by atoms with van der Waals surface area (Å²) in [7, 11) is 1.41. The minimum Gasteiger partial charge on any atom is -0.492 e. The number of ether oxygens (including phenoxy) is 4. The second kappa shape index (κ2) is 16.2. The largest absolute Gasteiger partial charge is 0.492 e. The molecule has 0 bridgehead atoms. The molecule has 7 aliphatic rings. The van der Waals surface area contributed by atoms with E-state index >= 15 is 4.39 Å². The zero-order valence-electron chi connectivity index (χ0n) is 39.4. The Kier molecular flexibility index (Phi) is 11.3. The zero-order chi connectivity index (χ0) is 47.6. The van der Waals surface area contributed by atoms with Gasteiger partial charge in [-0.2, -0.15) is 0 Å². The number of likely N-dealkylation sites (tertiary alicyclic amines) is 1. The van der Waals surface area contributed by atoms with E-state index < -0.39 is 64.6 Å². The van der Waals surface area contributed by atoms with Gasteiger partial charge < -0.3 is 43.5 Å². The van der Waals surface area contributed by atoms with E-state index in [4.69, 9.17) is 18.9 Å². The lowest BCUT2D eigenvalue weighted by Crippen LogP contribution is -2.64. The molecule has 358 valence electrons. The molecule has 2 aliphatic heterocycles. The van der Waals surface area contributed by atoms with Crippen LogP contribution in [0.15, 0.2) is 16.4 Å². The van der Waals surface area contributed by atoms with Crippen LogP contribution in [0.2, 0.25) is 0 Å². The van der Waals surface area contributed by atoms with Crippen molar-refractivity contribution < 1.29 is 57.5 Å². The van der Waals surface area contributed by atoms with Crippen molar-refractivity contribution >= 4 is 46.2 Å². The van der Waals surface area contributed by atoms with Crippen molar-refractivity contribution in [1.82, 2.24) is 9.47 Å². The van der Waals surface area contributed by atoms with Crippen molar-refractivity contribution in [3.05, 3.63) is 44.5 Å². The quantitative estimate of drug-likeness (QED) is 0.208. The number of aliphatic hydroxyl groups excluding tert-OH is 1. The van der Waals surface area contributed by atoms with Gasteiger partial charge in [-0.1, -0.05) is 19.4 Å². The lowest BCUT2D eigenvalue weighted by atomic mass is 9.45. The average Bonchev–Trinajstić information content (AvgIpc) is 3.93. The number of carbonyl (C=O) groups is 5. The van der Waals surface area contributed by atoms with Gasteiger partial charge in [-0.25, -0.2) is 14.0 Å². The first kappa shape index (κ1) is 46.3. The monoisotopic (exact) mass is 917 g/mol. The highest BCUT2D eigenvalue weighted by Gasteiger charge is 2.70. The van der Waals surface area contributed by atoms with Gasteiger partial charge in [0.05, 0.1) is 30.2 Å². The number of benzene rings is 1. The molecule has 1 amide bonds. The van der Waals surface area contributed by atoms with E-state index in [0.29, 0.717) is 44.3 Å². The number of esters is 2. The van der Waals surface area contributed by atoms with Crippen molar-refractivity contribution in [2.45, 2.75) is 148 Å². The van der Waals surface area contributed by atoms with Crippen molar-refractivity contribution in [2.24, 2.45) is 34.5 Å². The highest BCUT2D eigenvalue weighted by Crippen LogP contribution is 2.68. The first-order valence-corrected chi connectivity index (χ1v) is 23.8. The van der Waals surface area contributed by atoms with E-state index in [9.17, 15) is 39.0 Å². The number of rotatable bonds is 9. The van der Waals surface area contributed by atoms with Gasteiger partial charge in [0.2, 0.25) is 18.0 Å². The normalized spacial score (nSPS) is 32.8. The first-order valence-electron chi connectivity index (χ1n) is 23.8. The van der Waals surface area contributed by atoms with Gasteiger partial charge >= 0.3 is 18.0 Å². The van der Waals surface area contributed by atoms with Crippen LogP contribution in [-0.4, -0.2) is 106 Å². The Hall–Kier alpha value is -4.83. The van der Waals surface area contributed by atoms with Crippen molar-refractivity contribution in [3.63, 3.8) is 0 Å². The number of aliphatic hydroxyl groups is 2. The molecule has 2 N–H and O–H groups in total. The maximum absolute atomic E-state index is 17.1. The molecule has 0 radical (unpaired) electrons. The summed E-state index contributed by atoms with van der Waals surface area (Å²) in [6.07, 6.45) is 6.56. The van der Waals surface area contributed by atoms with Gasteiger partial charge in [0.1, 0.15) is 16.9 Å². The molecule has 9 atom stereocenters. The predicted molar refractivity (Wildman–Crippen MR) is 239 cm³/mol. The standard InChI is InChI=1S/C50H64FN3O12/c1-25-36-40(43(63-8)41(39(25)51)52-22-28-10-9-19-53(34(28)23-52)46(61)65-24-64-27(3)55)54(30-12-13-30)26(2)37(42(36)58)44(59)66-47(4,5)45(60)50(62)18-16-33-32-14-11-29-20-31(56)15-17-48(29,6)38(32)35(57)21-49(33,50)7/h20,28,30,32-35,38,57,62H,9-19,21-24H2,1-8H3/t28?,32-,33-,34?,35-,38+,48-,49-,50-/m0/s1. The minimum absolute atomic E-state index is 0.00417. The van der Waals surface area contributed by atoms with Crippen molar-refractivity contribution in [1.29, 1.82) is 0 Å². The van der Waals surface area contributed by atoms with Crippen LogP contribution >= 0.6 is 0 Å². The van der Waals surface area contributed by atoms with E-state index in [1.54, 1.807) is 17.9 Å². The Labute approximate surface area is 383 Å². The molecular formula is C50H64FN3O12. The number of carbonyl (C=O) groups excluding carboxylic acids is 5. The molecule has 0 spiro atoms. The summed E-state index contributed by atoms with van der Waals surface area (Å²) in [6, 6.07) is -0.481. The van der Waals surface area contributed by atoms with Gasteiger partial charge in [0.15, 0.2) is 23.0 Å². The summed E-state index contributed by atoms with van der Waals surface area (Å²) in [6.45, 7) is 11.7. The second-order valence-electron chi connectivity index (χ2n) is 21.4. The maximum Gasteiger partial charge on any atom is 0.412 e. The molecular weight excluding hydrogens is 854 g/mol. The summed E-state index contributed by atoms with van der Waals surface area (Å²) in [4.78, 5) is 84.5. The number of nitrogens with zero attached hydrogens (tertiary/aromatic N) is 3. The number of piperidine rings is 1. The highest BCUT2D eigenvalue weighted by atomic mass is 19.1. The Morgan fingerprint density at radius 3 is 2.39 bits per heavy atom. The molecule has 16 heteroatoms. The molecule has 2 saturated heterocycles. The number of methoxy groups -OCH3 is 1. The number of anilines is 1. The lowest BCUT2D eigenvalue weighted by molar-refractivity contribution is -0.190. The third-order valence-corrected chi connectivity index (χ3v) is 17.4. The number of amides is 1. The van der Waals surface area contributed by atoms with Crippen molar-refractivity contribution in [2.75, 3.05) is 38.4 Å². The zero-order valence-corrected chi connectivity index (χ0v) is 39.4. The van der Waals surface area contributed by atoms with Crippen LogP contribution in [0.5, 0.6) is 5.75 Å². The molecule has 9 rings (SSSR count). The van der Waals surface area contributed by atoms with E-state index in [0.717, 1.165) is 37.7 Å². The molecule has 2 aromatic rings. The topological polar surface area (TPSA) is 191 Å². The molecule has 3 heterocycles. The first-order chi connectivity index (χ1) is 31.1. The number of aryl methyl sites for hydroxylation is 1. The third-order valence-electron chi connectivity index (χ3n) is 17.4. The smallest absolute Gasteiger partial charge is 0.412 e. The number of allylic oxidation sites excluding steroid dienone is 1. The summed E-state index contributed by atoms with van der Waals surface area (Å²) in [5.74, 6) is -3.08. The summed E-state index contributed by atoms with van der Waals surface area (Å²) < 4.78 is 41.1. The summed E-state index contributed by atoms with van der Waals surface area (Å²) in [5, 5.41) is 24.6. The van der Waals surface area contributed by atoms with Gasteiger partial charge in [-0.05, 0) is 127 Å². The second-order valence-corrected chi connectivity index (χ2v) is 21.4. The maximum atomic E-state index is 17.1. The molecule has 6 fully saturated rings. The molecule has 5 aliphatic carbocycles. The third kappa shape index (κ3) is 6.91. The predicted octanol–water partition coefficient (Wildman–Crippen LogP) is 6.40. The van der Waals surface area contributed by atoms with Gasteiger partial charge in [-0.15, -0.1) is 0 Å². The van der Waals surface area contributed by atoms with Crippen molar-refractivity contribution in [3.8, 4) is 5.75 Å². The van der Waals surface area contributed by atoms with Crippen LogP contribution in [-0.2, 0) is 28.6 Å². The van der Waals surface area contributed by atoms with Gasteiger partial charge in [0, 0.05) is 55.7 Å². The van der Waals surface area contributed by atoms with Crippen LogP contribution in [0.4, 0.5) is 14.9 Å². The average molecular weight is 918 g/mol. The summed E-state index contributed by atoms with van der Waals surface area (Å²) in [5.41, 5.74) is -4.56. The minimum atomic E-state index is -1.96. The molecule has 66 heavy (non-hydrogen) atoms. The van der Waals surface area contributed by atoms with Crippen LogP contribution < -0.4 is 15.1 Å². The van der Waals surface area contributed by atoms with Crippen LogP contribution in [0.25, 0.3) is 10.9 Å². The number of pyridine rings is 1. The fourth-order valence-corrected chi connectivity index (χ4v) is 14.1. The summed E-state index contributed by atoms with van der Waals surface area (Å²) >= 11 is 0. The Bertz CT molecular complexity index is 2530. The van der Waals surface area contributed by atoms with E-state index in [1.165, 1.54) is 34.8 Å². The fourth-order valence-electron chi connectivity index (χ4n) is 14.1. The fraction of sp³-hybridized carbons (Fsp3) is 0.680. The van der Waals surface area contributed by atoms with E-state index in [-0.39, 0.29) is 100.0 Å². The molecule has 15 nitrogen and oxygen atoms in total. The van der Waals surface area contributed by atoms with Crippen LogP contribution in [0.1, 0.15) is 133 Å². The van der Waals surface area contributed by atoms with E-state index in [1.807, 2.05) is 16.4 Å². The van der Waals surface area contributed by atoms with Crippen LogP contribution in [0.3, 0.4) is 0 Å². The SMILES string of the molecule is COc1c(N2CC3CCCN(C(=O)OCOC(C)=O)C3C2)c(F)c(C)c2c(=O)c(C(=O)OC(C)(C)C(=O)[C@@]3(O)CC[C@H]4[C@@H]5CCC6=CC(=O)CC[C@]6(C)[C@H]5[C@@H](O)C[C@@]43C)c(C)n(C3CC3)c12. The number of hydrogen-bond acceptors (Lipinski definition) is 13. The number of hydrogen-bond donors (Lipinski definition) is 2. The number of ketones is 2. The Morgan fingerprint density at radius 1 is 0.985 bits per heavy atom. The van der Waals surface area contributed by atoms with Gasteiger partial charge in [0.25, 0.3) is 0 Å². The Morgan fingerprint density at radius 2 is 1.71 bits per heavy atom. The number of aromatic nitrogens is 1. The molecule has 1 aromatic heterocycles. The lowest BCUT2D eigenvalue weighted by Gasteiger charge is -2.60. The van der Waals surface area contributed by atoms with Gasteiger partial charge in [-0.3, -0.25) is 19.2 Å². The van der Waals surface area contributed by atoms with Crippen LogP contribution in [0, 0.1) is 54.2 Å². The highest BCUT2D eigenvalue weighted by molar-refractivity contribution is 6.03. The number of fused-ring (bicyclic) bond motifs is 7. The molecule has 4 saturated carbocycles. The number of halogens is 1. The molecule has 2 unspecified atom stereocenters. The number of Topliss-reactive ketones (excluding diaryl/α,β-unsaturated/α-hetero) is 1. The van der Waals surface area contributed by atoms with E-state index in [2.05, 4.69) is 6.92 Å². The Balaban J connectivity index is 1.02. The molecule has 1 aromatic carbocycles.